The van der Waals surface area contributed by atoms with E-state index < -0.39 is 0 Å². The van der Waals surface area contributed by atoms with Gasteiger partial charge < -0.3 is 14.2 Å². The summed E-state index contributed by atoms with van der Waals surface area (Å²) in [5.74, 6) is 2.13. The lowest BCUT2D eigenvalue weighted by atomic mass is 9.91. The third-order valence-corrected chi connectivity index (χ3v) is 7.32. The zero-order chi connectivity index (χ0) is 25.1. The first-order valence-corrected chi connectivity index (χ1v) is 13.1. The van der Waals surface area contributed by atoms with Crippen molar-refractivity contribution in [3.05, 3.63) is 73.8 Å². The predicted octanol–water partition coefficient (Wildman–Crippen LogP) is 6.19. The van der Waals surface area contributed by atoms with E-state index >= 15 is 0 Å². The number of ether oxygens (including phenoxy) is 3. The van der Waals surface area contributed by atoms with Crippen molar-refractivity contribution in [1.82, 2.24) is 0 Å². The number of allylic oxidation sites excluding steroid dienone is 1. The van der Waals surface area contributed by atoms with E-state index in [1.807, 2.05) is 26.0 Å². The summed E-state index contributed by atoms with van der Waals surface area (Å²) in [5.41, 5.74) is 6.73. The number of unbranched alkanes of at least 4 members (excludes halogenated alkanes) is 1. The van der Waals surface area contributed by atoms with Gasteiger partial charge in [-0.05, 0) is 78.8 Å². The van der Waals surface area contributed by atoms with Crippen LogP contribution in [-0.4, -0.2) is 57.1 Å². The van der Waals surface area contributed by atoms with Crippen molar-refractivity contribution in [3.8, 4) is 0 Å². The summed E-state index contributed by atoms with van der Waals surface area (Å²) in [4.78, 5) is 13.5. The molecule has 0 saturated heterocycles. The van der Waals surface area contributed by atoms with Gasteiger partial charge in [-0.3, -0.25) is 4.99 Å². The maximum absolute atomic E-state index is 6.73. The van der Waals surface area contributed by atoms with Crippen LogP contribution in [0.5, 0.6) is 0 Å². The molecule has 188 valence electrons. The lowest BCUT2D eigenvalue weighted by molar-refractivity contribution is 0.337. The molecule has 0 aromatic heterocycles. The highest BCUT2D eigenvalue weighted by molar-refractivity contribution is 6.32. The molecule has 0 bridgehead atoms. The van der Waals surface area contributed by atoms with Crippen LogP contribution >= 0.6 is 23.2 Å². The van der Waals surface area contributed by atoms with Crippen LogP contribution in [0.3, 0.4) is 0 Å². The number of hydrogen-bond donors (Lipinski definition) is 0. The number of rotatable bonds is 8. The van der Waals surface area contributed by atoms with Gasteiger partial charge in [-0.15, -0.1) is 0 Å². The summed E-state index contributed by atoms with van der Waals surface area (Å²) in [6.45, 7) is 7.91. The van der Waals surface area contributed by atoms with Gasteiger partial charge in [0.2, 0.25) is 11.8 Å². The minimum atomic E-state index is 0.588. The first-order chi connectivity index (χ1) is 17.5. The van der Waals surface area contributed by atoms with Crippen molar-refractivity contribution >= 4 is 46.5 Å². The van der Waals surface area contributed by atoms with Gasteiger partial charge >= 0.3 is 0 Å². The standard InChI is InChI=1S/C28H29Cl2N3O3/c1-17-22(27-32-8-11-35-27)13-19(15-24(17)29)21(5-3-4-6-26-31-7-10-34-26)20-14-23(18(2)25(30)16-20)28-33-9-12-36-28/h5,13-16H,3-4,6-12H2,1-2H3. The molecule has 0 unspecified atom stereocenters. The minimum Gasteiger partial charge on any atom is -0.479 e. The Bertz CT molecular complexity index is 1220. The van der Waals surface area contributed by atoms with E-state index in [9.17, 15) is 0 Å². The molecule has 2 aromatic carbocycles. The molecule has 36 heavy (non-hydrogen) atoms. The molecule has 3 aliphatic rings. The Hall–Kier alpha value is -2.83. The molecule has 0 spiro atoms. The fourth-order valence-electron chi connectivity index (χ4n) is 4.54. The summed E-state index contributed by atoms with van der Waals surface area (Å²) in [6.07, 6.45) is 4.82. The second kappa shape index (κ2) is 11.1. The van der Waals surface area contributed by atoms with Crippen LogP contribution in [0.2, 0.25) is 10.0 Å². The highest BCUT2D eigenvalue weighted by Gasteiger charge is 2.21. The van der Waals surface area contributed by atoms with E-state index in [4.69, 9.17) is 37.4 Å². The zero-order valence-corrected chi connectivity index (χ0v) is 22.1. The van der Waals surface area contributed by atoms with Gasteiger partial charge in [0, 0.05) is 27.6 Å². The quantitative estimate of drug-likeness (QED) is 0.385. The molecule has 0 saturated carbocycles. The van der Waals surface area contributed by atoms with Gasteiger partial charge in [-0.1, -0.05) is 29.3 Å². The third kappa shape index (κ3) is 5.30. The van der Waals surface area contributed by atoms with E-state index in [0.29, 0.717) is 54.8 Å². The molecule has 0 fully saturated rings. The molecule has 3 heterocycles. The van der Waals surface area contributed by atoms with E-state index in [1.54, 1.807) is 0 Å². The molecule has 0 radical (unpaired) electrons. The van der Waals surface area contributed by atoms with Crippen LogP contribution in [0, 0.1) is 13.8 Å². The van der Waals surface area contributed by atoms with Crippen LogP contribution in [-0.2, 0) is 14.2 Å². The molecular formula is C28H29Cl2N3O3. The normalized spacial score (nSPS) is 16.6. The lowest BCUT2D eigenvalue weighted by Gasteiger charge is -2.17. The van der Waals surface area contributed by atoms with Gasteiger partial charge in [-0.25, -0.2) is 9.98 Å². The predicted molar refractivity (Wildman–Crippen MR) is 146 cm³/mol. The Balaban J connectivity index is 1.56. The van der Waals surface area contributed by atoms with Crippen molar-refractivity contribution in [2.45, 2.75) is 33.1 Å². The topological polar surface area (TPSA) is 64.8 Å². The summed E-state index contributed by atoms with van der Waals surface area (Å²) in [5, 5.41) is 1.34. The Labute approximate surface area is 221 Å². The lowest BCUT2D eigenvalue weighted by Crippen LogP contribution is -2.07. The average molecular weight is 526 g/mol. The second-order valence-electron chi connectivity index (χ2n) is 8.97. The summed E-state index contributed by atoms with van der Waals surface area (Å²) >= 11 is 13.5. The smallest absolute Gasteiger partial charge is 0.216 e. The first-order valence-electron chi connectivity index (χ1n) is 12.3. The summed E-state index contributed by atoms with van der Waals surface area (Å²) in [7, 11) is 0. The van der Waals surface area contributed by atoms with E-state index in [2.05, 4.69) is 33.2 Å². The van der Waals surface area contributed by atoms with Gasteiger partial charge in [0.15, 0.2) is 5.90 Å². The molecule has 5 rings (SSSR count). The van der Waals surface area contributed by atoms with Crippen LogP contribution in [0.1, 0.15) is 52.6 Å². The first kappa shape index (κ1) is 24.8. The van der Waals surface area contributed by atoms with E-state index in [0.717, 1.165) is 70.7 Å². The van der Waals surface area contributed by atoms with Crippen LogP contribution in [0.4, 0.5) is 0 Å². The number of aliphatic imine (C=N–C) groups is 3. The second-order valence-corrected chi connectivity index (χ2v) is 9.78. The minimum absolute atomic E-state index is 0.588. The molecule has 3 aliphatic heterocycles. The molecule has 2 aromatic rings. The van der Waals surface area contributed by atoms with Crippen molar-refractivity contribution in [3.63, 3.8) is 0 Å². The molecule has 0 N–H and O–H groups in total. The number of nitrogens with zero attached hydrogens (tertiary/aromatic N) is 3. The van der Waals surface area contributed by atoms with Gasteiger partial charge in [-0.2, -0.15) is 0 Å². The van der Waals surface area contributed by atoms with Crippen molar-refractivity contribution in [2.75, 3.05) is 39.5 Å². The molecule has 8 heteroatoms. The van der Waals surface area contributed by atoms with E-state index in [-0.39, 0.29) is 0 Å². The molecule has 0 aliphatic carbocycles. The van der Waals surface area contributed by atoms with Gasteiger partial charge in [0.25, 0.3) is 0 Å². The van der Waals surface area contributed by atoms with Crippen LogP contribution in [0.15, 0.2) is 45.3 Å². The molecule has 0 amide bonds. The van der Waals surface area contributed by atoms with Gasteiger partial charge in [0.1, 0.15) is 19.8 Å². The van der Waals surface area contributed by atoms with Crippen molar-refractivity contribution in [2.24, 2.45) is 15.0 Å². The Morgan fingerprint density at radius 1 is 0.778 bits per heavy atom. The third-order valence-electron chi connectivity index (χ3n) is 6.53. The Morgan fingerprint density at radius 3 is 1.78 bits per heavy atom. The number of hydrogen-bond acceptors (Lipinski definition) is 6. The molecule has 6 nitrogen and oxygen atoms in total. The monoisotopic (exact) mass is 525 g/mol. The van der Waals surface area contributed by atoms with Crippen molar-refractivity contribution in [1.29, 1.82) is 0 Å². The Kier molecular flexibility index (Phi) is 7.63. The summed E-state index contributed by atoms with van der Waals surface area (Å²) < 4.78 is 17.1. The SMILES string of the molecule is Cc1c(Cl)cc(C(=CCCCC2=NCCO2)c2cc(Cl)c(C)c(C3=NCCO3)c2)cc1C1=NCCO1. The largest absolute Gasteiger partial charge is 0.479 e. The molecule has 0 atom stereocenters. The Morgan fingerprint density at radius 2 is 1.31 bits per heavy atom. The number of halogens is 2. The van der Waals surface area contributed by atoms with Gasteiger partial charge in [0.05, 0.1) is 19.6 Å². The summed E-state index contributed by atoms with van der Waals surface area (Å²) in [6, 6.07) is 8.22. The van der Waals surface area contributed by atoms with Crippen LogP contribution in [0.25, 0.3) is 5.57 Å². The van der Waals surface area contributed by atoms with Crippen molar-refractivity contribution < 1.29 is 14.2 Å². The fraction of sp³-hybridized carbons (Fsp3) is 0.393. The number of benzene rings is 2. The average Bonchev–Trinajstić information content (AvgIpc) is 3.66. The molecular weight excluding hydrogens is 497 g/mol. The maximum Gasteiger partial charge on any atom is 0.216 e. The highest BCUT2D eigenvalue weighted by atomic mass is 35.5. The maximum atomic E-state index is 6.73. The zero-order valence-electron chi connectivity index (χ0n) is 20.6. The fourth-order valence-corrected chi connectivity index (χ4v) is 4.98. The highest BCUT2D eigenvalue weighted by Crippen LogP contribution is 2.34. The van der Waals surface area contributed by atoms with E-state index in [1.165, 1.54) is 0 Å². The van der Waals surface area contributed by atoms with Crippen LogP contribution < -0.4 is 0 Å².